The van der Waals surface area contributed by atoms with E-state index in [-0.39, 0.29) is 17.6 Å². The Balaban J connectivity index is 0.000000338. The van der Waals surface area contributed by atoms with Gasteiger partial charge in [0.15, 0.2) is 0 Å². The smallest absolute Gasteiger partial charge is 0.306 e. The van der Waals surface area contributed by atoms with Gasteiger partial charge in [-0.05, 0) is 49.6 Å². The van der Waals surface area contributed by atoms with Crippen LogP contribution in [0.4, 0.5) is 0 Å². The lowest BCUT2D eigenvalue weighted by Crippen LogP contribution is -2.17. The zero-order chi connectivity index (χ0) is 25.9. The van der Waals surface area contributed by atoms with Crippen molar-refractivity contribution in [1.29, 1.82) is 0 Å². The van der Waals surface area contributed by atoms with Crippen molar-refractivity contribution in [2.45, 2.75) is 45.6 Å². The predicted octanol–water partition coefficient (Wildman–Crippen LogP) is 5.75. The molecule has 1 heterocycles. The fourth-order valence-corrected chi connectivity index (χ4v) is 4.21. The van der Waals surface area contributed by atoms with E-state index in [0.29, 0.717) is 23.4 Å². The molecule has 0 saturated heterocycles. The topological polar surface area (TPSA) is 88.4 Å². The van der Waals surface area contributed by atoms with Gasteiger partial charge < -0.3 is 15.0 Å². The summed E-state index contributed by atoms with van der Waals surface area (Å²) >= 11 is 0. The van der Waals surface area contributed by atoms with Crippen LogP contribution < -0.4 is 5.32 Å². The molecule has 2 aromatic carbocycles. The summed E-state index contributed by atoms with van der Waals surface area (Å²) in [5.41, 5.74) is 4.03. The summed E-state index contributed by atoms with van der Waals surface area (Å²) < 4.78 is 1.92. The maximum absolute atomic E-state index is 12.7. The van der Waals surface area contributed by atoms with Crippen LogP contribution in [0.5, 0.6) is 0 Å². The van der Waals surface area contributed by atoms with Crippen molar-refractivity contribution in [1.82, 2.24) is 9.88 Å². The van der Waals surface area contributed by atoms with Crippen molar-refractivity contribution in [3.8, 4) is 0 Å². The molecule has 1 amide bonds. The molecular weight excluding hydrogens is 452 g/mol. The lowest BCUT2D eigenvalue weighted by molar-refractivity contribution is -0.142. The number of benzene rings is 2. The molecule has 1 saturated carbocycles. The first-order valence-corrected chi connectivity index (χ1v) is 12.4. The molecule has 0 bridgehead atoms. The maximum Gasteiger partial charge on any atom is 0.306 e. The Morgan fingerprint density at radius 3 is 2.33 bits per heavy atom. The van der Waals surface area contributed by atoms with Crippen molar-refractivity contribution in [2.24, 2.45) is 5.92 Å². The monoisotopic (exact) mass is 486 g/mol. The van der Waals surface area contributed by atoms with Gasteiger partial charge in [-0.1, -0.05) is 73.4 Å². The third kappa shape index (κ3) is 7.54. The highest BCUT2D eigenvalue weighted by molar-refractivity contribution is 6.08. The van der Waals surface area contributed by atoms with Gasteiger partial charge in [0.2, 0.25) is 5.78 Å². The number of hydrogen-bond acceptors (Lipinski definition) is 3. The van der Waals surface area contributed by atoms with Crippen molar-refractivity contribution in [3.05, 3.63) is 101 Å². The minimum Gasteiger partial charge on any atom is -0.481 e. The Morgan fingerprint density at radius 2 is 1.69 bits per heavy atom. The summed E-state index contributed by atoms with van der Waals surface area (Å²) in [6.45, 7) is 2.57. The number of aromatic nitrogens is 1. The number of aryl methyl sites for hydroxylation is 1. The van der Waals surface area contributed by atoms with Gasteiger partial charge in [-0.15, -0.1) is 0 Å². The molecule has 1 aliphatic carbocycles. The SMILES string of the molecule is CNC(=O)c1cccc(/C=C/Cn2cccc2C(=O)c2ccc(C)cc2)c1.O=C(O)C1CCCCC1. The zero-order valence-corrected chi connectivity index (χ0v) is 20.9. The lowest BCUT2D eigenvalue weighted by atomic mass is 9.90. The van der Waals surface area contributed by atoms with Crippen molar-refractivity contribution in [2.75, 3.05) is 7.05 Å². The van der Waals surface area contributed by atoms with E-state index in [9.17, 15) is 14.4 Å². The normalized spacial score (nSPS) is 13.6. The standard InChI is InChI=1S/C23H22N2O2.C7H12O2/c1-17-10-12-19(13-11-17)22(26)21-9-5-15-25(21)14-4-7-18-6-3-8-20(16-18)23(27)24-2;8-7(9)6-4-2-1-3-5-6/h3-13,15-16H,14H2,1-2H3,(H,24,27);6H,1-5H2,(H,8,9)/b7-4+;. The molecule has 0 radical (unpaired) electrons. The Hall–Kier alpha value is -3.93. The molecule has 2 N–H and O–H groups in total. The van der Waals surface area contributed by atoms with Crippen LogP contribution in [0.3, 0.4) is 0 Å². The number of nitrogens with one attached hydrogen (secondary N) is 1. The number of carbonyl (C=O) groups is 3. The third-order valence-electron chi connectivity index (χ3n) is 6.32. The second-order valence-corrected chi connectivity index (χ2v) is 9.02. The van der Waals surface area contributed by atoms with Crippen LogP contribution in [0.2, 0.25) is 0 Å². The lowest BCUT2D eigenvalue weighted by Gasteiger charge is -2.16. The van der Waals surface area contributed by atoms with E-state index in [4.69, 9.17) is 5.11 Å². The number of allylic oxidation sites excluding steroid dienone is 1. The van der Waals surface area contributed by atoms with Crippen LogP contribution in [0.1, 0.15) is 69.6 Å². The van der Waals surface area contributed by atoms with Gasteiger partial charge in [0.1, 0.15) is 0 Å². The number of rotatable bonds is 7. The summed E-state index contributed by atoms with van der Waals surface area (Å²) in [7, 11) is 1.61. The number of nitrogens with zero attached hydrogens (tertiary/aromatic N) is 1. The second kappa shape index (κ2) is 13.2. The average molecular weight is 487 g/mol. The van der Waals surface area contributed by atoms with Crippen LogP contribution in [-0.4, -0.2) is 34.4 Å². The summed E-state index contributed by atoms with van der Waals surface area (Å²) in [5.74, 6) is -0.731. The fourth-order valence-electron chi connectivity index (χ4n) is 4.21. The quantitative estimate of drug-likeness (QED) is 0.416. The first-order valence-electron chi connectivity index (χ1n) is 12.4. The molecule has 0 spiro atoms. The van der Waals surface area contributed by atoms with Gasteiger partial charge in [-0.25, -0.2) is 0 Å². The van der Waals surface area contributed by atoms with Gasteiger partial charge in [0, 0.05) is 30.9 Å². The van der Waals surface area contributed by atoms with Crippen LogP contribution in [-0.2, 0) is 11.3 Å². The molecule has 3 aromatic rings. The molecule has 6 heteroatoms. The van der Waals surface area contributed by atoms with Crippen molar-refractivity contribution in [3.63, 3.8) is 0 Å². The Kier molecular flexibility index (Phi) is 9.81. The van der Waals surface area contributed by atoms with Crippen LogP contribution >= 0.6 is 0 Å². The Labute approximate surface area is 212 Å². The van der Waals surface area contributed by atoms with E-state index in [1.165, 1.54) is 6.42 Å². The molecular formula is C30H34N2O4. The summed E-state index contributed by atoms with van der Waals surface area (Å²) in [5, 5.41) is 11.2. The van der Waals surface area contributed by atoms with E-state index >= 15 is 0 Å². The van der Waals surface area contributed by atoms with E-state index in [1.54, 1.807) is 13.1 Å². The summed E-state index contributed by atoms with van der Waals surface area (Å²) in [6, 6.07) is 18.7. The average Bonchev–Trinajstić information content (AvgIpc) is 3.38. The molecule has 1 aliphatic rings. The molecule has 188 valence electrons. The largest absolute Gasteiger partial charge is 0.481 e. The molecule has 1 fully saturated rings. The highest BCUT2D eigenvalue weighted by atomic mass is 16.4. The zero-order valence-electron chi connectivity index (χ0n) is 20.9. The molecule has 4 rings (SSSR count). The summed E-state index contributed by atoms with van der Waals surface area (Å²) in [4.78, 5) is 34.8. The second-order valence-electron chi connectivity index (χ2n) is 9.02. The number of carbonyl (C=O) groups excluding carboxylic acids is 2. The molecule has 0 unspecified atom stereocenters. The van der Waals surface area contributed by atoms with Gasteiger partial charge in [-0.3, -0.25) is 14.4 Å². The van der Waals surface area contributed by atoms with E-state index in [2.05, 4.69) is 5.32 Å². The third-order valence-corrected chi connectivity index (χ3v) is 6.32. The van der Waals surface area contributed by atoms with Gasteiger partial charge in [0.25, 0.3) is 5.91 Å². The fraction of sp³-hybridized carbons (Fsp3) is 0.300. The first-order chi connectivity index (χ1) is 17.4. The van der Waals surface area contributed by atoms with E-state index in [1.807, 2.05) is 84.4 Å². The number of carboxylic acids is 1. The minimum atomic E-state index is -0.602. The van der Waals surface area contributed by atoms with Crippen LogP contribution in [0.15, 0.2) is 72.9 Å². The molecule has 0 aliphatic heterocycles. The molecule has 36 heavy (non-hydrogen) atoms. The Bertz CT molecular complexity index is 1200. The number of aliphatic carboxylic acids is 1. The van der Waals surface area contributed by atoms with Gasteiger partial charge in [-0.2, -0.15) is 0 Å². The van der Waals surface area contributed by atoms with Crippen molar-refractivity contribution < 1.29 is 19.5 Å². The van der Waals surface area contributed by atoms with Gasteiger partial charge >= 0.3 is 5.97 Å². The minimum absolute atomic E-state index is 0.00927. The molecule has 1 aromatic heterocycles. The number of amides is 1. The van der Waals surface area contributed by atoms with Crippen molar-refractivity contribution >= 4 is 23.7 Å². The van der Waals surface area contributed by atoms with Gasteiger partial charge in [0.05, 0.1) is 11.6 Å². The number of hydrogen-bond donors (Lipinski definition) is 2. The van der Waals surface area contributed by atoms with E-state index in [0.717, 1.165) is 36.8 Å². The van der Waals surface area contributed by atoms with Crippen LogP contribution in [0, 0.1) is 12.8 Å². The molecule has 6 nitrogen and oxygen atoms in total. The van der Waals surface area contributed by atoms with E-state index < -0.39 is 5.97 Å². The Morgan fingerprint density at radius 1 is 0.972 bits per heavy atom. The highest BCUT2D eigenvalue weighted by Gasteiger charge is 2.19. The first kappa shape index (κ1) is 26.7. The van der Waals surface area contributed by atoms with Crippen LogP contribution in [0.25, 0.3) is 6.08 Å². The predicted molar refractivity (Wildman–Crippen MR) is 142 cm³/mol. The number of carboxylic acid groups (broad SMARTS) is 1. The highest BCUT2D eigenvalue weighted by Crippen LogP contribution is 2.23. The molecule has 0 atom stereocenters. The maximum atomic E-state index is 12.7. The summed E-state index contributed by atoms with van der Waals surface area (Å²) in [6.07, 6.45) is 11.1. The number of ketones is 1.